The van der Waals surface area contributed by atoms with E-state index in [2.05, 4.69) is 62.5 Å². The molecule has 0 fully saturated rings. The lowest BCUT2D eigenvalue weighted by Crippen LogP contribution is -2.39. The van der Waals surface area contributed by atoms with Gasteiger partial charge in [-0.2, -0.15) is 0 Å². The van der Waals surface area contributed by atoms with E-state index < -0.39 is 0 Å². The van der Waals surface area contributed by atoms with E-state index in [0.29, 0.717) is 12.5 Å². The minimum absolute atomic E-state index is 0.169. The molecule has 0 atom stereocenters. The Morgan fingerprint density at radius 3 is 2.62 bits per heavy atom. The van der Waals surface area contributed by atoms with Crippen LogP contribution >= 0.6 is 0 Å². The van der Waals surface area contributed by atoms with Crippen LogP contribution in [0.25, 0.3) is 0 Å². The third-order valence-corrected chi connectivity index (χ3v) is 4.83. The Kier molecular flexibility index (Phi) is 4.89. The summed E-state index contributed by atoms with van der Waals surface area (Å²) in [5.74, 6) is 0.604. The van der Waals surface area contributed by atoms with Crippen LogP contribution in [0.5, 0.6) is 0 Å². The Hall–Kier alpha value is -2.29. The average molecular weight is 322 g/mol. The number of para-hydroxylation sites is 1. The second-order valence-electron chi connectivity index (χ2n) is 6.88. The van der Waals surface area contributed by atoms with Crippen LogP contribution in [0, 0.1) is 6.92 Å². The topological polar surface area (TPSA) is 32.3 Å². The fourth-order valence-corrected chi connectivity index (χ4v) is 3.40. The molecule has 0 saturated carbocycles. The van der Waals surface area contributed by atoms with Crippen LogP contribution < -0.4 is 5.32 Å². The molecule has 0 spiro atoms. The largest absolute Gasteiger partial charge is 0.376 e. The molecule has 3 heteroatoms. The zero-order valence-corrected chi connectivity index (χ0v) is 14.8. The molecule has 126 valence electrons. The molecule has 0 aromatic heterocycles. The molecule has 1 aliphatic heterocycles. The number of hydrogen-bond donors (Lipinski definition) is 1. The third-order valence-electron chi connectivity index (χ3n) is 4.83. The van der Waals surface area contributed by atoms with Crippen molar-refractivity contribution >= 4 is 11.6 Å². The Balaban J connectivity index is 1.67. The van der Waals surface area contributed by atoms with Crippen molar-refractivity contribution in [2.75, 3.05) is 18.4 Å². The molecule has 2 aromatic rings. The van der Waals surface area contributed by atoms with Crippen LogP contribution in [0.3, 0.4) is 0 Å². The van der Waals surface area contributed by atoms with Gasteiger partial charge in [0.05, 0.1) is 6.54 Å². The van der Waals surface area contributed by atoms with Gasteiger partial charge in [-0.25, -0.2) is 0 Å². The summed E-state index contributed by atoms with van der Waals surface area (Å²) in [6.07, 6.45) is 0.948. The van der Waals surface area contributed by atoms with Gasteiger partial charge in [-0.15, -0.1) is 0 Å². The van der Waals surface area contributed by atoms with Crippen LogP contribution in [-0.2, 0) is 17.8 Å². The van der Waals surface area contributed by atoms with Gasteiger partial charge in [0.2, 0.25) is 5.91 Å². The third kappa shape index (κ3) is 3.45. The minimum Gasteiger partial charge on any atom is -0.376 e. The number of hydrogen-bond acceptors (Lipinski definition) is 2. The quantitative estimate of drug-likeness (QED) is 0.918. The second-order valence-corrected chi connectivity index (χ2v) is 6.88. The van der Waals surface area contributed by atoms with Gasteiger partial charge in [-0.1, -0.05) is 56.3 Å². The molecule has 1 N–H and O–H groups in total. The van der Waals surface area contributed by atoms with Crippen molar-refractivity contribution in [3.05, 3.63) is 64.7 Å². The molecule has 24 heavy (non-hydrogen) atoms. The van der Waals surface area contributed by atoms with Crippen molar-refractivity contribution in [1.82, 2.24) is 4.90 Å². The first-order valence-electron chi connectivity index (χ1n) is 8.74. The molecule has 0 bridgehead atoms. The Morgan fingerprint density at radius 1 is 1.12 bits per heavy atom. The minimum atomic E-state index is 0.169. The first-order chi connectivity index (χ1) is 11.6. The molecule has 0 saturated heterocycles. The summed E-state index contributed by atoms with van der Waals surface area (Å²) in [4.78, 5) is 14.6. The summed E-state index contributed by atoms with van der Waals surface area (Å²) >= 11 is 0. The number of carbonyl (C=O) groups is 1. The predicted octanol–water partition coefficient (Wildman–Crippen LogP) is 4.12. The number of rotatable bonds is 4. The Labute approximate surface area is 144 Å². The molecule has 0 unspecified atom stereocenters. The maximum absolute atomic E-state index is 12.6. The highest BCUT2D eigenvalue weighted by Gasteiger charge is 2.20. The number of anilines is 1. The molecule has 0 radical (unpaired) electrons. The van der Waals surface area contributed by atoms with Gasteiger partial charge in [0.1, 0.15) is 0 Å². The summed E-state index contributed by atoms with van der Waals surface area (Å²) in [5, 5.41) is 3.39. The molecule has 1 amide bonds. The number of amides is 1. The lowest BCUT2D eigenvalue weighted by Gasteiger charge is -2.29. The van der Waals surface area contributed by atoms with Crippen molar-refractivity contribution < 1.29 is 4.79 Å². The van der Waals surface area contributed by atoms with Crippen LogP contribution in [0.2, 0.25) is 0 Å². The number of fused-ring (bicyclic) bond motifs is 1. The standard InChI is InChI=1S/C21H26N2O/c1-15(2)19-10-6-7-16(3)21(19)22-13-20(24)23-12-11-17-8-4-5-9-18(17)14-23/h4-10,15,22H,11-14H2,1-3H3. The maximum atomic E-state index is 12.6. The van der Waals surface area contributed by atoms with Crippen LogP contribution in [0.4, 0.5) is 5.69 Å². The highest BCUT2D eigenvalue weighted by Crippen LogP contribution is 2.27. The lowest BCUT2D eigenvalue weighted by atomic mass is 9.98. The number of nitrogens with one attached hydrogen (secondary N) is 1. The van der Waals surface area contributed by atoms with Gasteiger partial charge in [0.25, 0.3) is 0 Å². The zero-order chi connectivity index (χ0) is 17.1. The summed E-state index contributed by atoms with van der Waals surface area (Å²) in [5.41, 5.74) is 6.22. The Bertz CT molecular complexity index is 736. The van der Waals surface area contributed by atoms with Gasteiger partial charge >= 0.3 is 0 Å². The number of aryl methyl sites for hydroxylation is 1. The van der Waals surface area contributed by atoms with E-state index in [1.165, 1.54) is 22.3 Å². The molecule has 2 aromatic carbocycles. The molecule has 3 rings (SSSR count). The molecule has 0 aliphatic carbocycles. The fourth-order valence-electron chi connectivity index (χ4n) is 3.40. The monoisotopic (exact) mass is 322 g/mol. The smallest absolute Gasteiger partial charge is 0.242 e. The van der Waals surface area contributed by atoms with E-state index in [0.717, 1.165) is 25.2 Å². The SMILES string of the molecule is Cc1cccc(C(C)C)c1NCC(=O)N1CCc2ccccc2C1. The second kappa shape index (κ2) is 7.08. The van der Waals surface area contributed by atoms with E-state index >= 15 is 0 Å². The van der Waals surface area contributed by atoms with Crippen molar-refractivity contribution in [1.29, 1.82) is 0 Å². The lowest BCUT2D eigenvalue weighted by molar-refractivity contribution is -0.130. The molecular formula is C21H26N2O. The molecule has 1 aliphatic rings. The van der Waals surface area contributed by atoms with Crippen LogP contribution in [0.1, 0.15) is 42.0 Å². The normalized spacial score (nSPS) is 13.8. The van der Waals surface area contributed by atoms with Crippen molar-refractivity contribution in [3.63, 3.8) is 0 Å². The van der Waals surface area contributed by atoms with Crippen molar-refractivity contribution in [3.8, 4) is 0 Å². The molecule has 3 nitrogen and oxygen atoms in total. The summed E-state index contributed by atoms with van der Waals surface area (Å²) in [7, 11) is 0. The van der Waals surface area contributed by atoms with E-state index in [1.807, 2.05) is 11.0 Å². The zero-order valence-electron chi connectivity index (χ0n) is 14.8. The van der Waals surface area contributed by atoms with Gasteiger partial charge in [0, 0.05) is 18.8 Å². The highest BCUT2D eigenvalue weighted by atomic mass is 16.2. The highest BCUT2D eigenvalue weighted by molar-refractivity contribution is 5.82. The summed E-state index contributed by atoms with van der Waals surface area (Å²) in [6, 6.07) is 14.7. The molecular weight excluding hydrogens is 296 g/mol. The van der Waals surface area contributed by atoms with E-state index in [-0.39, 0.29) is 5.91 Å². The van der Waals surface area contributed by atoms with E-state index in [1.54, 1.807) is 0 Å². The van der Waals surface area contributed by atoms with Gasteiger partial charge < -0.3 is 10.2 Å². The Morgan fingerprint density at radius 2 is 1.88 bits per heavy atom. The van der Waals surface area contributed by atoms with Crippen LogP contribution in [0.15, 0.2) is 42.5 Å². The number of carbonyl (C=O) groups excluding carboxylic acids is 1. The average Bonchev–Trinajstić information content (AvgIpc) is 2.59. The van der Waals surface area contributed by atoms with E-state index in [9.17, 15) is 4.79 Å². The number of nitrogens with zero attached hydrogens (tertiary/aromatic N) is 1. The van der Waals surface area contributed by atoms with Crippen molar-refractivity contribution in [2.45, 2.75) is 39.7 Å². The molecule has 1 heterocycles. The van der Waals surface area contributed by atoms with Gasteiger partial charge in [-0.3, -0.25) is 4.79 Å². The summed E-state index contributed by atoms with van der Waals surface area (Å²) in [6.45, 7) is 8.35. The first-order valence-corrected chi connectivity index (χ1v) is 8.74. The van der Waals surface area contributed by atoms with Crippen molar-refractivity contribution in [2.24, 2.45) is 0 Å². The number of benzene rings is 2. The summed E-state index contributed by atoms with van der Waals surface area (Å²) < 4.78 is 0. The fraction of sp³-hybridized carbons (Fsp3) is 0.381. The van der Waals surface area contributed by atoms with E-state index in [4.69, 9.17) is 0 Å². The van der Waals surface area contributed by atoms with Gasteiger partial charge in [0.15, 0.2) is 0 Å². The van der Waals surface area contributed by atoms with Crippen LogP contribution in [-0.4, -0.2) is 23.9 Å². The van der Waals surface area contributed by atoms with Gasteiger partial charge in [-0.05, 0) is 41.5 Å². The first kappa shape index (κ1) is 16.6. The maximum Gasteiger partial charge on any atom is 0.242 e. The predicted molar refractivity (Wildman–Crippen MR) is 99.3 cm³/mol.